The molecule has 1 atom stereocenters. The van der Waals surface area contributed by atoms with Crippen molar-refractivity contribution in [1.82, 2.24) is 4.90 Å². The van der Waals surface area contributed by atoms with E-state index in [0.29, 0.717) is 29.0 Å². The lowest BCUT2D eigenvalue weighted by Crippen LogP contribution is -2.42. The zero-order valence-corrected chi connectivity index (χ0v) is 16.2. The van der Waals surface area contributed by atoms with E-state index < -0.39 is 18.8 Å². The van der Waals surface area contributed by atoms with Crippen LogP contribution in [0.3, 0.4) is 0 Å². The lowest BCUT2D eigenvalue weighted by molar-refractivity contribution is -0.150. The van der Waals surface area contributed by atoms with E-state index in [1.807, 2.05) is 0 Å². The molecule has 4 nitrogen and oxygen atoms in total. The van der Waals surface area contributed by atoms with Gasteiger partial charge in [-0.2, -0.15) is 13.2 Å². The van der Waals surface area contributed by atoms with Crippen molar-refractivity contribution in [3.8, 4) is 5.75 Å². The third-order valence-corrected chi connectivity index (χ3v) is 5.25. The Kier molecular flexibility index (Phi) is 5.48. The molecule has 0 saturated carbocycles. The van der Waals surface area contributed by atoms with Crippen LogP contribution in [0.4, 0.5) is 18.9 Å². The van der Waals surface area contributed by atoms with E-state index in [4.69, 9.17) is 15.9 Å². The largest absolute Gasteiger partial charge is 0.496 e. The fourth-order valence-corrected chi connectivity index (χ4v) is 4.00. The van der Waals surface area contributed by atoms with Crippen LogP contribution in [-0.4, -0.2) is 37.5 Å². The molecule has 0 bridgehead atoms. The van der Waals surface area contributed by atoms with Gasteiger partial charge in [0.05, 0.1) is 19.7 Å². The van der Waals surface area contributed by atoms with Crippen LogP contribution in [0.15, 0.2) is 34.8 Å². The Bertz CT molecular complexity index is 870. The Hall–Kier alpha value is -2.06. The van der Waals surface area contributed by atoms with Gasteiger partial charge in [-0.3, -0.25) is 4.90 Å². The number of anilines is 1. The van der Waals surface area contributed by atoms with Crippen LogP contribution in [0.2, 0.25) is 0 Å². The molecule has 0 saturated heterocycles. The number of nitrogens with two attached hydrogens (primary N) is 1. The predicted molar refractivity (Wildman–Crippen MR) is 103 cm³/mol. The number of hydrogen-bond donors (Lipinski definition) is 2. The zero-order chi connectivity index (χ0) is 19.8. The van der Waals surface area contributed by atoms with Crippen molar-refractivity contribution in [3.05, 3.63) is 57.1 Å². The van der Waals surface area contributed by atoms with Crippen molar-refractivity contribution in [2.24, 2.45) is 0 Å². The molecule has 3 rings (SSSR count). The number of halogens is 4. The molecule has 1 heterocycles. The van der Waals surface area contributed by atoms with E-state index in [-0.39, 0.29) is 6.54 Å². The molecule has 0 spiro atoms. The number of hydrogen-bond acceptors (Lipinski definition) is 4. The first-order chi connectivity index (χ1) is 12.7. The van der Waals surface area contributed by atoms with Crippen LogP contribution in [0.1, 0.15) is 28.3 Å². The summed E-state index contributed by atoms with van der Waals surface area (Å²) in [5, 5.41) is 7.67. The number of nitrogens with zero attached hydrogens (tertiary/aromatic N) is 1. The molecule has 2 aromatic rings. The number of ether oxygens (including phenoxy) is 1. The summed E-state index contributed by atoms with van der Waals surface area (Å²) in [6.07, 6.45) is -2.75. The van der Waals surface area contributed by atoms with Crippen molar-refractivity contribution < 1.29 is 17.9 Å². The summed E-state index contributed by atoms with van der Waals surface area (Å²) in [6, 6.07) is 8.06. The molecule has 0 aliphatic carbocycles. The molecule has 3 N–H and O–H groups in total. The van der Waals surface area contributed by atoms with Gasteiger partial charge in [0.25, 0.3) is 0 Å². The number of rotatable bonds is 4. The number of alkyl halides is 3. The van der Waals surface area contributed by atoms with E-state index in [2.05, 4.69) is 15.9 Å². The first-order valence-electron chi connectivity index (χ1n) is 8.31. The van der Waals surface area contributed by atoms with Gasteiger partial charge in [0.2, 0.25) is 0 Å². The normalized spacial score (nSPS) is 17.4. The number of nitrogens with one attached hydrogen (secondary N) is 1. The highest BCUT2D eigenvalue weighted by Crippen LogP contribution is 2.42. The van der Waals surface area contributed by atoms with Gasteiger partial charge in [0.1, 0.15) is 5.75 Å². The summed E-state index contributed by atoms with van der Waals surface area (Å²) in [5.74, 6) is 0.502. The molecule has 27 heavy (non-hydrogen) atoms. The maximum Gasteiger partial charge on any atom is 0.401 e. The van der Waals surface area contributed by atoms with Gasteiger partial charge in [0.15, 0.2) is 0 Å². The van der Waals surface area contributed by atoms with E-state index in [1.54, 1.807) is 30.3 Å². The van der Waals surface area contributed by atoms with Crippen molar-refractivity contribution in [1.29, 1.82) is 5.41 Å². The topological polar surface area (TPSA) is 62.3 Å². The fourth-order valence-electron chi connectivity index (χ4n) is 3.66. The maximum atomic E-state index is 13.2. The molecule has 0 fully saturated rings. The fraction of sp³-hybridized carbons (Fsp3) is 0.316. The molecule has 0 aromatic heterocycles. The maximum absolute atomic E-state index is 13.2. The highest BCUT2D eigenvalue weighted by atomic mass is 79.9. The third-order valence-electron chi connectivity index (χ3n) is 4.75. The minimum atomic E-state index is -4.32. The van der Waals surface area contributed by atoms with Gasteiger partial charge in [0, 0.05) is 34.0 Å². The zero-order valence-electron chi connectivity index (χ0n) is 14.6. The van der Waals surface area contributed by atoms with Gasteiger partial charge in [-0.05, 0) is 35.7 Å². The lowest BCUT2D eigenvalue weighted by atomic mass is 9.84. The molecule has 144 valence electrons. The number of methoxy groups -OCH3 is 1. The summed E-state index contributed by atoms with van der Waals surface area (Å²) in [7, 11) is 1.50. The quantitative estimate of drug-likeness (QED) is 0.540. The van der Waals surface area contributed by atoms with E-state index in [0.717, 1.165) is 15.6 Å². The van der Waals surface area contributed by atoms with Crippen molar-refractivity contribution in [2.45, 2.75) is 18.6 Å². The molecule has 1 aliphatic heterocycles. The van der Waals surface area contributed by atoms with Gasteiger partial charge < -0.3 is 15.9 Å². The average molecular weight is 442 g/mol. The van der Waals surface area contributed by atoms with Crippen LogP contribution in [0.25, 0.3) is 0 Å². The van der Waals surface area contributed by atoms with Crippen molar-refractivity contribution >= 4 is 27.8 Å². The molecular weight excluding hydrogens is 423 g/mol. The molecular formula is C19H19BrF3N3O. The second-order valence-electron chi connectivity index (χ2n) is 6.41. The second kappa shape index (κ2) is 7.52. The number of fused-ring (bicyclic) bond motifs is 1. The Morgan fingerprint density at radius 3 is 2.63 bits per heavy atom. The molecule has 1 aliphatic rings. The molecule has 2 aromatic carbocycles. The van der Waals surface area contributed by atoms with Crippen molar-refractivity contribution in [2.75, 3.05) is 25.9 Å². The Morgan fingerprint density at radius 2 is 2.00 bits per heavy atom. The van der Waals surface area contributed by atoms with Crippen LogP contribution < -0.4 is 10.5 Å². The van der Waals surface area contributed by atoms with Crippen LogP contribution in [0, 0.1) is 5.41 Å². The Balaban J connectivity index is 2.20. The first kappa shape index (κ1) is 19.7. The van der Waals surface area contributed by atoms with E-state index in [9.17, 15) is 13.2 Å². The summed E-state index contributed by atoms with van der Waals surface area (Å²) in [6.45, 7) is -0.818. The van der Waals surface area contributed by atoms with Crippen LogP contribution >= 0.6 is 15.9 Å². The molecule has 0 amide bonds. The molecule has 8 heteroatoms. The van der Waals surface area contributed by atoms with Gasteiger partial charge in [-0.25, -0.2) is 0 Å². The SMILES string of the molecule is COc1cc(Br)ccc1C1c2ccc(N)c(C=N)c2CCN1CC(F)(F)F. The van der Waals surface area contributed by atoms with Crippen LogP contribution in [-0.2, 0) is 6.42 Å². The van der Waals surface area contributed by atoms with E-state index >= 15 is 0 Å². The standard InChI is InChI=1S/C19H19BrF3N3O/c1-27-17-8-11(20)2-3-14(17)18-13-4-5-16(25)15(9-24)12(13)6-7-26(18)10-19(21,22)23/h2-5,8-9,18,24H,6-7,10,25H2,1H3. The van der Waals surface area contributed by atoms with Gasteiger partial charge in [-0.1, -0.05) is 28.1 Å². The average Bonchev–Trinajstić information content (AvgIpc) is 2.60. The van der Waals surface area contributed by atoms with Crippen molar-refractivity contribution in [3.63, 3.8) is 0 Å². The smallest absolute Gasteiger partial charge is 0.401 e. The minimum absolute atomic E-state index is 0.209. The Morgan fingerprint density at radius 1 is 1.30 bits per heavy atom. The van der Waals surface area contributed by atoms with E-state index in [1.165, 1.54) is 18.2 Å². The summed E-state index contributed by atoms with van der Waals surface area (Å²) < 4.78 is 45.9. The number of nitrogen functional groups attached to an aromatic ring is 1. The summed E-state index contributed by atoms with van der Waals surface area (Å²) >= 11 is 3.37. The molecule has 1 unspecified atom stereocenters. The predicted octanol–water partition coefficient (Wildman–Crippen LogP) is 4.55. The Labute approximate surface area is 163 Å². The molecule has 0 radical (unpaired) electrons. The monoisotopic (exact) mass is 441 g/mol. The van der Waals surface area contributed by atoms with Crippen LogP contribution in [0.5, 0.6) is 5.75 Å². The van der Waals surface area contributed by atoms with Gasteiger partial charge in [-0.15, -0.1) is 0 Å². The highest BCUT2D eigenvalue weighted by molar-refractivity contribution is 9.10. The van der Waals surface area contributed by atoms with Gasteiger partial charge >= 0.3 is 6.18 Å². The summed E-state index contributed by atoms with van der Waals surface area (Å²) in [4.78, 5) is 1.40. The first-order valence-corrected chi connectivity index (χ1v) is 9.10. The second-order valence-corrected chi connectivity index (χ2v) is 7.32. The minimum Gasteiger partial charge on any atom is -0.496 e. The summed E-state index contributed by atoms with van der Waals surface area (Å²) in [5.41, 5.74) is 9.18. The highest BCUT2D eigenvalue weighted by Gasteiger charge is 2.39. The lowest BCUT2D eigenvalue weighted by Gasteiger charge is -2.39. The number of benzene rings is 2. The third kappa shape index (κ3) is 3.96.